The van der Waals surface area contributed by atoms with Crippen molar-refractivity contribution in [1.29, 1.82) is 0 Å². The van der Waals surface area contributed by atoms with E-state index in [4.69, 9.17) is 4.74 Å². The first-order valence-corrected chi connectivity index (χ1v) is 7.96. The molecule has 6 nitrogen and oxygen atoms in total. The van der Waals surface area contributed by atoms with Gasteiger partial charge in [0.2, 0.25) is 11.8 Å². The van der Waals surface area contributed by atoms with Crippen molar-refractivity contribution in [3.8, 4) is 0 Å². The normalized spacial score (nSPS) is 23.7. The Labute approximate surface area is 139 Å². The Morgan fingerprint density at radius 3 is 2.75 bits per heavy atom. The topological polar surface area (TPSA) is 66.9 Å². The van der Waals surface area contributed by atoms with Gasteiger partial charge in [-0.25, -0.2) is 9.18 Å². The van der Waals surface area contributed by atoms with Gasteiger partial charge in [-0.2, -0.15) is 0 Å². The molecule has 2 aliphatic rings. The number of halogens is 1. The van der Waals surface area contributed by atoms with Crippen LogP contribution >= 0.6 is 0 Å². The van der Waals surface area contributed by atoms with Gasteiger partial charge in [0.05, 0.1) is 18.7 Å². The van der Waals surface area contributed by atoms with Crippen LogP contribution in [0.3, 0.4) is 0 Å². The van der Waals surface area contributed by atoms with Crippen LogP contribution in [0.4, 0.5) is 10.1 Å². The van der Waals surface area contributed by atoms with Crippen LogP contribution in [0.25, 0.3) is 0 Å². The number of ether oxygens (including phenoxy) is 1. The third-order valence-corrected chi connectivity index (χ3v) is 4.63. The number of likely N-dealkylation sites (tertiary alicyclic amines) is 1. The first kappa shape index (κ1) is 16.4. The molecule has 0 unspecified atom stereocenters. The average molecular weight is 334 g/mol. The number of para-hydroxylation sites is 1. The van der Waals surface area contributed by atoms with E-state index in [-0.39, 0.29) is 30.5 Å². The van der Waals surface area contributed by atoms with Gasteiger partial charge in [-0.3, -0.25) is 9.59 Å². The quantitative estimate of drug-likeness (QED) is 0.783. The van der Waals surface area contributed by atoms with Crippen molar-refractivity contribution in [3.05, 3.63) is 30.1 Å². The lowest BCUT2D eigenvalue weighted by molar-refractivity contribution is -0.152. The molecule has 2 aliphatic heterocycles. The number of hydrogen-bond acceptors (Lipinski definition) is 4. The number of amides is 2. The molecule has 0 bridgehead atoms. The molecule has 2 amide bonds. The highest BCUT2D eigenvalue weighted by Crippen LogP contribution is 2.30. The number of hydrogen-bond donors (Lipinski definition) is 0. The van der Waals surface area contributed by atoms with E-state index in [1.54, 1.807) is 12.1 Å². The summed E-state index contributed by atoms with van der Waals surface area (Å²) in [5.41, 5.74) is 0.184. The number of rotatable bonds is 3. The Morgan fingerprint density at radius 1 is 1.29 bits per heavy atom. The fourth-order valence-corrected chi connectivity index (χ4v) is 3.42. The van der Waals surface area contributed by atoms with Gasteiger partial charge in [0.1, 0.15) is 11.9 Å². The minimum absolute atomic E-state index is 0.0254. The van der Waals surface area contributed by atoms with E-state index in [1.165, 1.54) is 29.0 Å². The number of carbonyl (C=O) groups excluding carboxylic acids is 3. The summed E-state index contributed by atoms with van der Waals surface area (Å²) in [6.45, 7) is 0.603. The van der Waals surface area contributed by atoms with Crippen molar-refractivity contribution in [2.45, 2.75) is 25.3 Å². The number of carbonyl (C=O) groups is 3. The molecular weight excluding hydrogens is 315 g/mol. The van der Waals surface area contributed by atoms with Crippen LogP contribution < -0.4 is 4.90 Å². The van der Waals surface area contributed by atoms with Gasteiger partial charge in [0.15, 0.2) is 0 Å². The molecule has 24 heavy (non-hydrogen) atoms. The predicted octanol–water partition coefficient (Wildman–Crippen LogP) is 1.34. The maximum atomic E-state index is 13.9. The van der Waals surface area contributed by atoms with Crippen LogP contribution in [0.5, 0.6) is 0 Å². The van der Waals surface area contributed by atoms with Crippen LogP contribution in [0.15, 0.2) is 24.3 Å². The van der Waals surface area contributed by atoms with Crippen molar-refractivity contribution < 1.29 is 23.5 Å². The molecule has 0 aromatic heterocycles. The predicted molar refractivity (Wildman–Crippen MR) is 83.6 cm³/mol. The maximum absolute atomic E-state index is 13.9. The smallest absolute Gasteiger partial charge is 0.328 e. The van der Waals surface area contributed by atoms with Gasteiger partial charge < -0.3 is 14.5 Å². The zero-order valence-corrected chi connectivity index (χ0v) is 13.4. The summed E-state index contributed by atoms with van der Waals surface area (Å²) in [7, 11) is 1.29. The Bertz CT molecular complexity index is 678. The summed E-state index contributed by atoms with van der Waals surface area (Å²) in [5, 5.41) is 0. The van der Waals surface area contributed by atoms with E-state index >= 15 is 0 Å². The summed E-state index contributed by atoms with van der Waals surface area (Å²) >= 11 is 0. The van der Waals surface area contributed by atoms with Gasteiger partial charge in [-0.15, -0.1) is 0 Å². The van der Waals surface area contributed by atoms with Crippen LogP contribution in [0, 0.1) is 11.7 Å². The number of benzene rings is 1. The van der Waals surface area contributed by atoms with Crippen molar-refractivity contribution in [3.63, 3.8) is 0 Å². The van der Waals surface area contributed by atoms with E-state index in [0.717, 1.165) is 6.42 Å². The molecule has 0 aliphatic carbocycles. The first-order chi connectivity index (χ1) is 11.5. The number of esters is 1. The van der Waals surface area contributed by atoms with Gasteiger partial charge in [0.25, 0.3) is 0 Å². The van der Waals surface area contributed by atoms with Crippen molar-refractivity contribution in [2.75, 3.05) is 25.1 Å². The second kappa shape index (κ2) is 6.59. The van der Waals surface area contributed by atoms with Crippen LogP contribution in [-0.2, 0) is 19.1 Å². The van der Waals surface area contributed by atoms with Gasteiger partial charge in [-0.1, -0.05) is 12.1 Å². The highest BCUT2D eigenvalue weighted by Gasteiger charge is 2.42. The number of nitrogens with zero attached hydrogens (tertiary/aromatic N) is 2. The highest BCUT2D eigenvalue weighted by molar-refractivity contribution is 6.01. The van der Waals surface area contributed by atoms with E-state index in [0.29, 0.717) is 13.0 Å². The van der Waals surface area contributed by atoms with Crippen LogP contribution in [0.2, 0.25) is 0 Å². The Morgan fingerprint density at radius 2 is 2.04 bits per heavy atom. The Kier molecular flexibility index (Phi) is 4.51. The number of methoxy groups -OCH3 is 1. The monoisotopic (exact) mass is 334 g/mol. The lowest BCUT2D eigenvalue weighted by Crippen LogP contribution is -2.44. The summed E-state index contributed by atoms with van der Waals surface area (Å²) in [6, 6.07) is 5.42. The molecule has 2 saturated heterocycles. The third kappa shape index (κ3) is 2.86. The Balaban J connectivity index is 1.75. The molecule has 2 heterocycles. The standard InChI is InChI=1S/C17H19FN2O4/c1-24-17(23)14-7-4-8-19(14)16(22)11-9-15(21)20(10-11)13-6-3-2-5-12(13)18/h2-3,5-6,11,14H,4,7-10H2,1H3/t11-,14-/m0/s1. The molecule has 0 spiro atoms. The van der Waals surface area contributed by atoms with Gasteiger partial charge in [-0.05, 0) is 25.0 Å². The van der Waals surface area contributed by atoms with Gasteiger partial charge in [0, 0.05) is 19.5 Å². The lowest BCUT2D eigenvalue weighted by Gasteiger charge is -2.25. The molecular formula is C17H19FN2O4. The van der Waals surface area contributed by atoms with Crippen molar-refractivity contribution in [2.24, 2.45) is 5.92 Å². The van der Waals surface area contributed by atoms with E-state index < -0.39 is 23.7 Å². The molecule has 7 heteroatoms. The third-order valence-electron chi connectivity index (χ3n) is 4.63. The van der Waals surface area contributed by atoms with Crippen molar-refractivity contribution in [1.82, 2.24) is 4.90 Å². The number of anilines is 1. The maximum Gasteiger partial charge on any atom is 0.328 e. The summed E-state index contributed by atoms with van der Waals surface area (Å²) in [6.07, 6.45) is 1.32. The zero-order chi connectivity index (χ0) is 17.3. The Hall–Kier alpha value is -2.44. The van der Waals surface area contributed by atoms with E-state index in [2.05, 4.69) is 0 Å². The molecule has 128 valence electrons. The lowest BCUT2D eigenvalue weighted by atomic mass is 10.1. The second-order valence-corrected chi connectivity index (χ2v) is 6.07. The van der Waals surface area contributed by atoms with E-state index in [9.17, 15) is 18.8 Å². The minimum Gasteiger partial charge on any atom is -0.467 e. The summed E-state index contributed by atoms with van der Waals surface area (Å²) in [5.74, 6) is -2.02. The first-order valence-electron chi connectivity index (χ1n) is 7.96. The summed E-state index contributed by atoms with van der Waals surface area (Å²) < 4.78 is 18.7. The molecule has 0 radical (unpaired) electrons. The second-order valence-electron chi connectivity index (χ2n) is 6.07. The van der Waals surface area contributed by atoms with E-state index in [1.807, 2.05) is 0 Å². The molecule has 2 fully saturated rings. The zero-order valence-electron chi connectivity index (χ0n) is 13.4. The van der Waals surface area contributed by atoms with Crippen LogP contribution in [0.1, 0.15) is 19.3 Å². The average Bonchev–Trinajstić information content (AvgIpc) is 3.21. The van der Waals surface area contributed by atoms with Gasteiger partial charge >= 0.3 is 5.97 Å². The SMILES string of the molecule is COC(=O)[C@@H]1CCCN1C(=O)[C@H]1CC(=O)N(c2ccccc2F)C1. The van der Waals surface area contributed by atoms with Crippen LogP contribution in [-0.4, -0.2) is 48.9 Å². The largest absolute Gasteiger partial charge is 0.467 e. The summed E-state index contributed by atoms with van der Waals surface area (Å²) in [4.78, 5) is 39.6. The molecule has 0 N–H and O–H groups in total. The molecule has 0 saturated carbocycles. The molecule has 1 aromatic rings. The fraction of sp³-hybridized carbons (Fsp3) is 0.471. The highest BCUT2D eigenvalue weighted by atomic mass is 19.1. The van der Waals surface area contributed by atoms with Crippen molar-refractivity contribution >= 4 is 23.5 Å². The minimum atomic E-state index is -0.583. The fourth-order valence-electron chi connectivity index (χ4n) is 3.42. The molecule has 3 rings (SSSR count). The molecule has 1 aromatic carbocycles. The molecule has 2 atom stereocenters.